The number of aromatic amines is 1. The Kier molecular flexibility index (Phi) is 2.48. The molecular weight excluding hydrogens is 202 g/mol. The van der Waals surface area contributed by atoms with Gasteiger partial charge < -0.3 is 15.5 Å². The lowest BCUT2D eigenvalue weighted by Gasteiger charge is -2.15. The number of rotatable bonds is 1. The van der Waals surface area contributed by atoms with Gasteiger partial charge in [0.15, 0.2) is 0 Å². The molecule has 3 rings (SSSR count). The molecule has 0 aromatic carbocycles. The molecule has 1 fully saturated rings. The Bertz CT molecular complexity index is 388. The van der Waals surface area contributed by atoms with Gasteiger partial charge in [0.05, 0.1) is 18.4 Å². The second-order valence-corrected chi connectivity index (χ2v) is 5.06. The molecule has 0 amide bonds. The van der Waals surface area contributed by atoms with Crippen LogP contribution in [0, 0.1) is 0 Å². The van der Waals surface area contributed by atoms with Crippen LogP contribution >= 0.6 is 0 Å². The normalized spacial score (nSPS) is 34.0. The number of H-pyrrole nitrogens is 1. The summed E-state index contributed by atoms with van der Waals surface area (Å²) >= 11 is 0. The van der Waals surface area contributed by atoms with Crippen LogP contribution in [0.3, 0.4) is 0 Å². The highest BCUT2D eigenvalue weighted by Gasteiger charge is 2.29. The van der Waals surface area contributed by atoms with E-state index in [1.165, 1.54) is 12.1 Å². The summed E-state index contributed by atoms with van der Waals surface area (Å²) in [7, 11) is 0. The summed E-state index contributed by atoms with van der Waals surface area (Å²) in [5.74, 6) is 1.53. The highest BCUT2D eigenvalue weighted by Crippen LogP contribution is 2.32. The Morgan fingerprint density at radius 2 is 2.38 bits per heavy atom. The van der Waals surface area contributed by atoms with Gasteiger partial charge in [-0.05, 0) is 32.6 Å². The molecule has 0 bridgehead atoms. The number of hydrogen-bond donors (Lipinski definition) is 2. The number of hydrogen-bond acceptors (Lipinski definition) is 3. The zero-order chi connectivity index (χ0) is 11.1. The van der Waals surface area contributed by atoms with E-state index in [-0.39, 0.29) is 6.04 Å². The molecule has 1 aliphatic heterocycles. The Labute approximate surface area is 95.6 Å². The molecule has 3 unspecified atom stereocenters. The van der Waals surface area contributed by atoms with Crippen molar-refractivity contribution >= 4 is 0 Å². The summed E-state index contributed by atoms with van der Waals surface area (Å²) < 4.78 is 5.59. The standard InChI is InChI=1S/C12H19N3O/c1-7-5-8(6-16-7)12-14-10-4-2-3-9(13)11(10)15-12/h7-9H,2-6,13H2,1H3,(H,14,15). The zero-order valence-electron chi connectivity index (χ0n) is 9.70. The summed E-state index contributed by atoms with van der Waals surface area (Å²) in [6.07, 6.45) is 4.77. The minimum atomic E-state index is 0.133. The van der Waals surface area contributed by atoms with E-state index in [0.29, 0.717) is 12.0 Å². The number of fused-ring (bicyclic) bond motifs is 1. The summed E-state index contributed by atoms with van der Waals surface area (Å²) in [5, 5.41) is 0. The van der Waals surface area contributed by atoms with E-state index in [9.17, 15) is 0 Å². The van der Waals surface area contributed by atoms with Crippen molar-refractivity contribution in [2.75, 3.05) is 6.61 Å². The molecule has 0 spiro atoms. The van der Waals surface area contributed by atoms with Gasteiger partial charge in [-0.1, -0.05) is 0 Å². The second kappa shape index (κ2) is 3.86. The number of nitrogens with one attached hydrogen (secondary N) is 1. The van der Waals surface area contributed by atoms with Crippen molar-refractivity contribution in [1.82, 2.24) is 9.97 Å². The molecule has 3 N–H and O–H groups in total. The molecule has 88 valence electrons. The van der Waals surface area contributed by atoms with Crippen LogP contribution in [0.25, 0.3) is 0 Å². The van der Waals surface area contributed by atoms with Crippen LogP contribution in [-0.2, 0) is 11.2 Å². The lowest BCUT2D eigenvalue weighted by molar-refractivity contribution is 0.123. The highest BCUT2D eigenvalue weighted by molar-refractivity contribution is 5.23. The lowest BCUT2D eigenvalue weighted by Crippen LogP contribution is -2.17. The van der Waals surface area contributed by atoms with Gasteiger partial charge in [0.1, 0.15) is 5.82 Å². The monoisotopic (exact) mass is 221 g/mol. The van der Waals surface area contributed by atoms with Gasteiger partial charge >= 0.3 is 0 Å². The minimum absolute atomic E-state index is 0.133. The first-order valence-corrected chi connectivity index (χ1v) is 6.20. The third kappa shape index (κ3) is 1.66. The van der Waals surface area contributed by atoms with Crippen LogP contribution < -0.4 is 5.73 Å². The summed E-state index contributed by atoms with van der Waals surface area (Å²) in [6, 6.07) is 0.133. The molecular formula is C12H19N3O. The van der Waals surface area contributed by atoms with Gasteiger partial charge in [-0.2, -0.15) is 0 Å². The number of nitrogens with zero attached hydrogens (tertiary/aromatic N) is 1. The Morgan fingerprint density at radius 3 is 3.06 bits per heavy atom. The number of ether oxygens (including phenoxy) is 1. The van der Waals surface area contributed by atoms with Crippen molar-refractivity contribution in [2.24, 2.45) is 5.73 Å². The molecule has 1 aliphatic carbocycles. The SMILES string of the molecule is CC1CC(c2nc3c([nH]2)CCCC3N)CO1. The summed E-state index contributed by atoms with van der Waals surface area (Å²) in [5.41, 5.74) is 8.43. The average molecular weight is 221 g/mol. The maximum absolute atomic E-state index is 6.07. The molecule has 4 nitrogen and oxygen atoms in total. The van der Waals surface area contributed by atoms with Gasteiger partial charge in [0.25, 0.3) is 0 Å². The summed E-state index contributed by atoms with van der Waals surface area (Å²) in [6.45, 7) is 2.91. The fraction of sp³-hybridized carbons (Fsp3) is 0.750. The largest absolute Gasteiger partial charge is 0.378 e. The first-order chi connectivity index (χ1) is 7.74. The van der Waals surface area contributed by atoms with Gasteiger partial charge in [-0.3, -0.25) is 0 Å². The second-order valence-electron chi connectivity index (χ2n) is 5.06. The van der Waals surface area contributed by atoms with Crippen LogP contribution in [0.5, 0.6) is 0 Å². The molecule has 1 saturated heterocycles. The molecule has 1 aromatic heterocycles. The molecule has 3 atom stereocenters. The number of aryl methyl sites for hydroxylation is 1. The van der Waals surface area contributed by atoms with Gasteiger partial charge in [-0.25, -0.2) is 4.98 Å². The molecule has 2 heterocycles. The van der Waals surface area contributed by atoms with E-state index in [4.69, 9.17) is 10.5 Å². The van der Waals surface area contributed by atoms with Gasteiger partial charge in [-0.15, -0.1) is 0 Å². The van der Waals surface area contributed by atoms with Crippen molar-refractivity contribution in [3.63, 3.8) is 0 Å². The first-order valence-electron chi connectivity index (χ1n) is 6.20. The smallest absolute Gasteiger partial charge is 0.112 e. The quantitative estimate of drug-likeness (QED) is 0.757. The fourth-order valence-corrected chi connectivity index (χ4v) is 2.78. The van der Waals surface area contributed by atoms with E-state index < -0.39 is 0 Å². The third-order valence-corrected chi connectivity index (χ3v) is 3.71. The average Bonchev–Trinajstić information content (AvgIpc) is 2.84. The minimum Gasteiger partial charge on any atom is -0.378 e. The van der Waals surface area contributed by atoms with Crippen LogP contribution in [0.15, 0.2) is 0 Å². The van der Waals surface area contributed by atoms with Crippen LogP contribution in [0.1, 0.15) is 55.4 Å². The van der Waals surface area contributed by atoms with Crippen LogP contribution in [0.4, 0.5) is 0 Å². The molecule has 2 aliphatic rings. The van der Waals surface area contributed by atoms with Gasteiger partial charge in [0, 0.05) is 17.7 Å². The van der Waals surface area contributed by atoms with Crippen molar-refractivity contribution in [1.29, 1.82) is 0 Å². The maximum Gasteiger partial charge on any atom is 0.112 e. The van der Waals surface area contributed by atoms with E-state index in [1.807, 2.05) is 0 Å². The van der Waals surface area contributed by atoms with Crippen molar-refractivity contribution in [3.8, 4) is 0 Å². The van der Waals surface area contributed by atoms with E-state index in [0.717, 1.165) is 37.4 Å². The van der Waals surface area contributed by atoms with Gasteiger partial charge in [0.2, 0.25) is 0 Å². The molecule has 0 saturated carbocycles. The third-order valence-electron chi connectivity index (χ3n) is 3.71. The Hall–Kier alpha value is -0.870. The number of nitrogens with two attached hydrogens (primary N) is 1. The van der Waals surface area contributed by atoms with Crippen LogP contribution in [-0.4, -0.2) is 22.7 Å². The highest BCUT2D eigenvalue weighted by atomic mass is 16.5. The topological polar surface area (TPSA) is 63.9 Å². The predicted molar refractivity (Wildman–Crippen MR) is 61.2 cm³/mol. The Balaban J connectivity index is 1.86. The first kappa shape index (κ1) is 10.3. The van der Waals surface area contributed by atoms with Crippen molar-refractivity contribution < 1.29 is 4.74 Å². The van der Waals surface area contributed by atoms with Crippen LogP contribution in [0.2, 0.25) is 0 Å². The fourth-order valence-electron chi connectivity index (χ4n) is 2.78. The molecule has 16 heavy (non-hydrogen) atoms. The molecule has 1 aromatic rings. The van der Waals surface area contributed by atoms with E-state index in [2.05, 4.69) is 16.9 Å². The van der Waals surface area contributed by atoms with E-state index in [1.54, 1.807) is 0 Å². The number of imidazole rings is 1. The predicted octanol–water partition coefficient (Wildman–Crippen LogP) is 1.64. The molecule has 0 radical (unpaired) electrons. The van der Waals surface area contributed by atoms with Crippen molar-refractivity contribution in [3.05, 3.63) is 17.2 Å². The van der Waals surface area contributed by atoms with Crippen molar-refractivity contribution in [2.45, 2.75) is 50.7 Å². The summed E-state index contributed by atoms with van der Waals surface area (Å²) in [4.78, 5) is 8.14. The van der Waals surface area contributed by atoms with E-state index >= 15 is 0 Å². The zero-order valence-corrected chi connectivity index (χ0v) is 9.70. The lowest BCUT2D eigenvalue weighted by atomic mass is 9.97. The Morgan fingerprint density at radius 1 is 1.50 bits per heavy atom. The molecule has 4 heteroatoms. The number of aromatic nitrogens is 2. The maximum atomic E-state index is 6.07.